The van der Waals surface area contributed by atoms with Crippen LogP contribution in [0.1, 0.15) is 18.1 Å². The Morgan fingerprint density at radius 2 is 2.27 bits per heavy atom. The first-order valence-electron chi connectivity index (χ1n) is 4.80. The molecule has 0 bridgehead atoms. The van der Waals surface area contributed by atoms with Crippen LogP contribution < -0.4 is 5.73 Å². The Hall–Kier alpha value is -1.06. The maximum absolute atomic E-state index is 10.8. The highest BCUT2D eigenvalue weighted by Gasteiger charge is 2.03. The number of aryl methyl sites for hydroxylation is 1. The summed E-state index contributed by atoms with van der Waals surface area (Å²) >= 11 is 5.96. The van der Waals surface area contributed by atoms with E-state index in [0.717, 1.165) is 22.6 Å². The van der Waals surface area contributed by atoms with Gasteiger partial charge < -0.3 is 10.5 Å². The largest absolute Gasteiger partial charge is 0.460 e. The second-order valence-corrected chi connectivity index (χ2v) is 3.55. The standard InChI is InChI=1S/C11H14ClNO2/c1-2-9-5-8(3-4-10(9)12)7-15-11(14)6-13/h3-5H,2,6-7,13H2,1H3. The molecular weight excluding hydrogens is 214 g/mol. The quantitative estimate of drug-likeness (QED) is 0.800. The Bertz CT molecular complexity index is 352. The van der Waals surface area contributed by atoms with Gasteiger partial charge in [-0.25, -0.2) is 0 Å². The molecule has 0 aliphatic carbocycles. The molecule has 0 atom stereocenters. The number of rotatable bonds is 4. The van der Waals surface area contributed by atoms with Gasteiger partial charge in [-0.2, -0.15) is 0 Å². The summed E-state index contributed by atoms with van der Waals surface area (Å²) in [6.45, 7) is 2.19. The highest BCUT2D eigenvalue weighted by atomic mass is 35.5. The Morgan fingerprint density at radius 3 is 2.87 bits per heavy atom. The third-order valence-electron chi connectivity index (χ3n) is 2.06. The minimum Gasteiger partial charge on any atom is -0.460 e. The fourth-order valence-electron chi connectivity index (χ4n) is 1.21. The second-order valence-electron chi connectivity index (χ2n) is 3.14. The third-order valence-corrected chi connectivity index (χ3v) is 2.43. The lowest BCUT2D eigenvalue weighted by Crippen LogP contribution is -2.16. The zero-order valence-electron chi connectivity index (χ0n) is 8.63. The Kier molecular flexibility index (Phi) is 4.59. The molecule has 0 aromatic heterocycles. The Morgan fingerprint density at radius 1 is 1.53 bits per heavy atom. The van der Waals surface area contributed by atoms with Gasteiger partial charge in [-0.3, -0.25) is 4.79 Å². The van der Waals surface area contributed by atoms with E-state index in [1.165, 1.54) is 0 Å². The van der Waals surface area contributed by atoms with Gasteiger partial charge in [-0.1, -0.05) is 30.7 Å². The lowest BCUT2D eigenvalue weighted by atomic mass is 10.1. The fourth-order valence-corrected chi connectivity index (χ4v) is 1.46. The summed E-state index contributed by atoms with van der Waals surface area (Å²) in [5.74, 6) is -0.400. The predicted octanol–water partition coefficient (Wildman–Crippen LogP) is 1.90. The van der Waals surface area contributed by atoms with Crippen LogP contribution in [-0.4, -0.2) is 12.5 Å². The van der Waals surface area contributed by atoms with Crippen LogP contribution in [0.25, 0.3) is 0 Å². The first kappa shape index (κ1) is 12.0. The first-order chi connectivity index (χ1) is 7.17. The van der Waals surface area contributed by atoms with Crippen LogP contribution in [0.4, 0.5) is 0 Å². The van der Waals surface area contributed by atoms with E-state index in [-0.39, 0.29) is 13.2 Å². The summed E-state index contributed by atoms with van der Waals surface area (Å²) in [7, 11) is 0. The van der Waals surface area contributed by atoms with Gasteiger partial charge in [-0.05, 0) is 23.6 Å². The summed E-state index contributed by atoms with van der Waals surface area (Å²) in [5, 5.41) is 0.742. The predicted molar refractivity (Wildman–Crippen MR) is 59.7 cm³/mol. The van der Waals surface area contributed by atoms with Crippen molar-refractivity contribution < 1.29 is 9.53 Å². The highest BCUT2D eigenvalue weighted by Crippen LogP contribution is 2.18. The molecular formula is C11H14ClNO2. The number of esters is 1. The van der Waals surface area contributed by atoms with Crippen LogP contribution in [-0.2, 0) is 22.6 Å². The van der Waals surface area contributed by atoms with Gasteiger partial charge in [0.2, 0.25) is 0 Å². The molecule has 0 saturated heterocycles. The Balaban J connectivity index is 2.66. The van der Waals surface area contributed by atoms with E-state index in [1.54, 1.807) is 0 Å². The topological polar surface area (TPSA) is 52.3 Å². The molecule has 2 N–H and O–H groups in total. The van der Waals surface area contributed by atoms with Gasteiger partial charge in [0, 0.05) is 5.02 Å². The molecule has 0 heterocycles. The molecule has 1 aromatic carbocycles. The molecule has 0 fully saturated rings. The normalized spacial score (nSPS) is 10.1. The number of nitrogens with two attached hydrogens (primary N) is 1. The number of hydrogen-bond acceptors (Lipinski definition) is 3. The van der Waals surface area contributed by atoms with Gasteiger partial charge >= 0.3 is 5.97 Å². The monoisotopic (exact) mass is 227 g/mol. The highest BCUT2D eigenvalue weighted by molar-refractivity contribution is 6.31. The number of ether oxygens (including phenoxy) is 1. The van der Waals surface area contributed by atoms with Crippen molar-refractivity contribution in [1.82, 2.24) is 0 Å². The molecule has 3 nitrogen and oxygen atoms in total. The van der Waals surface area contributed by atoms with Crippen LogP contribution in [0.15, 0.2) is 18.2 Å². The van der Waals surface area contributed by atoms with E-state index in [9.17, 15) is 4.79 Å². The summed E-state index contributed by atoms with van der Waals surface area (Å²) in [5.41, 5.74) is 7.10. The van der Waals surface area contributed by atoms with Crippen molar-refractivity contribution in [1.29, 1.82) is 0 Å². The van der Waals surface area contributed by atoms with Crippen molar-refractivity contribution in [3.8, 4) is 0 Å². The van der Waals surface area contributed by atoms with Gasteiger partial charge in [0.05, 0.1) is 6.54 Å². The summed E-state index contributed by atoms with van der Waals surface area (Å²) in [6, 6.07) is 5.59. The lowest BCUT2D eigenvalue weighted by Gasteiger charge is -2.06. The molecule has 0 spiro atoms. The van der Waals surface area contributed by atoms with Crippen molar-refractivity contribution in [2.75, 3.05) is 6.54 Å². The van der Waals surface area contributed by atoms with Crippen molar-refractivity contribution in [3.05, 3.63) is 34.3 Å². The molecule has 0 aliphatic rings. The molecule has 0 radical (unpaired) electrons. The molecule has 1 aromatic rings. The van der Waals surface area contributed by atoms with Crippen molar-refractivity contribution >= 4 is 17.6 Å². The van der Waals surface area contributed by atoms with Gasteiger partial charge in [0.15, 0.2) is 0 Å². The maximum atomic E-state index is 10.8. The molecule has 0 unspecified atom stereocenters. The maximum Gasteiger partial charge on any atom is 0.320 e. The summed E-state index contributed by atoms with van der Waals surface area (Å²) in [6.07, 6.45) is 0.859. The number of carbonyl (C=O) groups excluding carboxylic acids is 1. The minimum absolute atomic E-state index is 0.0891. The number of benzene rings is 1. The number of halogens is 1. The zero-order valence-corrected chi connectivity index (χ0v) is 9.38. The van der Waals surface area contributed by atoms with Crippen LogP contribution in [0.5, 0.6) is 0 Å². The third kappa shape index (κ3) is 3.53. The summed E-state index contributed by atoms with van der Waals surface area (Å²) in [4.78, 5) is 10.8. The number of carbonyl (C=O) groups is 1. The lowest BCUT2D eigenvalue weighted by molar-refractivity contribution is -0.143. The van der Waals surface area contributed by atoms with Crippen LogP contribution in [0, 0.1) is 0 Å². The van der Waals surface area contributed by atoms with Crippen molar-refractivity contribution in [2.24, 2.45) is 5.73 Å². The van der Waals surface area contributed by atoms with Crippen LogP contribution in [0.3, 0.4) is 0 Å². The second kappa shape index (κ2) is 5.73. The molecule has 82 valence electrons. The SMILES string of the molecule is CCc1cc(COC(=O)CN)ccc1Cl. The van der Waals surface area contributed by atoms with Crippen molar-refractivity contribution in [2.45, 2.75) is 20.0 Å². The van der Waals surface area contributed by atoms with Gasteiger partial charge in [-0.15, -0.1) is 0 Å². The Labute approximate surface area is 94.2 Å². The molecule has 4 heteroatoms. The number of hydrogen-bond donors (Lipinski definition) is 1. The van der Waals surface area contributed by atoms with Crippen LogP contribution >= 0.6 is 11.6 Å². The molecule has 15 heavy (non-hydrogen) atoms. The summed E-state index contributed by atoms with van der Waals surface area (Å²) < 4.78 is 4.91. The smallest absolute Gasteiger partial charge is 0.320 e. The average molecular weight is 228 g/mol. The van der Waals surface area contributed by atoms with E-state index in [0.29, 0.717) is 0 Å². The van der Waals surface area contributed by atoms with E-state index >= 15 is 0 Å². The minimum atomic E-state index is -0.400. The first-order valence-corrected chi connectivity index (χ1v) is 5.18. The van der Waals surface area contributed by atoms with E-state index in [2.05, 4.69) is 0 Å². The zero-order chi connectivity index (χ0) is 11.3. The molecule has 1 rings (SSSR count). The van der Waals surface area contributed by atoms with Gasteiger partial charge in [0.25, 0.3) is 0 Å². The molecule has 0 aliphatic heterocycles. The fraction of sp³-hybridized carbons (Fsp3) is 0.364. The molecule has 0 amide bonds. The van der Waals surface area contributed by atoms with E-state index in [1.807, 2.05) is 25.1 Å². The van der Waals surface area contributed by atoms with Crippen molar-refractivity contribution in [3.63, 3.8) is 0 Å². The average Bonchev–Trinajstić information content (AvgIpc) is 2.27. The van der Waals surface area contributed by atoms with Gasteiger partial charge in [0.1, 0.15) is 6.61 Å². The van der Waals surface area contributed by atoms with Crippen LogP contribution in [0.2, 0.25) is 5.02 Å². The van der Waals surface area contributed by atoms with E-state index in [4.69, 9.17) is 22.1 Å². The molecule has 0 saturated carbocycles. The van der Waals surface area contributed by atoms with E-state index < -0.39 is 5.97 Å².